The maximum absolute atomic E-state index is 14.1. The standard InChI is InChI=1S/C17H19FN4O2S/c18-15-3-1-12(9-13(15)11-22-5-7-23-8-6-22)16-4-2-14(24-16)10-20-21-17(19)25/h1-4,9-10H,5-8,11H2,(H3,19,21,25)/b20-10+. The van der Waals surface area contributed by atoms with E-state index in [4.69, 9.17) is 14.9 Å². The van der Waals surface area contributed by atoms with E-state index in [1.807, 2.05) is 12.1 Å². The van der Waals surface area contributed by atoms with Gasteiger partial charge in [0.25, 0.3) is 0 Å². The molecule has 6 nitrogen and oxygen atoms in total. The van der Waals surface area contributed by atoms with Crippen LogP contribution in [0.5, 0.6) is 0 Å². The molecule has 0 amide bonds. The lowest BCUT2D eigenvalue weighted by Gasteiger charge is -2.26. The number of thiocarbonyl (C=S) groups is 1. The Morgan fingerprint density at radius 1 is 1.32 bits per heavy atom. The van der Waals surface area contributed by atoms with Crippen molar-refractivity contribution in [2.75, 3.05) is 26.3 Å². The van der Waals surface area contributed by atoms with Crippen molar-refractivity contribution in [3.8, 4) is 11.3 Å². The molecule has 1 fully saturated rings. The smallest absolute Gasteiger partial charge is 0.184 e. The normalized spacial score (nSPS) is 15.6. The lowest BCUT2D eigenvalue weighted by Crippen LogP contribution is -2.35. The fourth-order valence-electron chi connectivity index (χ4n) is 2.59. The molecular formula is C17H19FN4O2S. The second-order valence-electron chi connectivity index (χ2n) is 5.63. The Balaban J connectivity index is 1.74. The van der Waals surface area contributed by atoms with Gasteiger partial charge in [-0.25, -0.2) is 4.39 Å². The van der Waals surface area contributed by atoms with E-state index in [1.165, 1.54) is 12.3 Å². The zero-order valence-corrected chi connectivity index (χ0v) is 14.4. The minimum absolute atomic E-state index is 0.0781. The van der Waals surface area contributed by atoms with Crippen molar-refractivity contribution in [1.82, 2.24) is 10.3 Å². The zero-order chi connectivity index (χ0) is 17.6. The second kappa shape index (κ2) is 8.19. The third kappa shape index (κ3) is 4.85. The molecule has 25 heavy (non-hydrogen) atoms. The van der Waals surface area contributed by atoms with Gasteiger partial charge < -0.3 is 14.9 Å². The van der Waals surface area contributed by atoms with Crippen molar-refractivity contribution >= 4 is 23.5 Å². The summed E-state index contributed by atoms with van der Waals surface area (Å²) in [6.45, 7) is 3.53. The first-order valence-electron chi connectivity index (χ1n) is 7.89. The van der Waals surface area contributed by atoms with Crippen molar-refractivity contribution in [2.45, 2.75) is 6.54 Å². The van der Waals surface area contributed by atoms with Crippen LogP contribution < -0.4 is 11.2 Å². The van der Waals surface area contributed by atoms with Gasteiger partial charge in [0.05, 0.1) is 19.4 Å². The Morgan fingerprint density at radius 2 is 2.12 bits per heavy atom. The number of furan rings is 1. The molecule has 0 radical (unpaired) electrons. The number of nitrogens with zero attached hydrogens (tertiary/aromatic N) is 2. The number of hydrogen-bond donors (Lipinski definition) is 2. The Hall–Kier alpha value is -2.29. The third-order valence-electron chi connectivity index (χ3n) is 3.82. The molecule has 0 saturated carbocycles. The van der Waals surface area contributed by atoms with Gasteiger partial charge in [-0.1, -0.05) is 0 Å². The maximum Gasteiger partial charge on any atom is 0.184 e. The first-order chi connectivity index (χ1) is 12.1. The highest BCUT2D eigenvalue weighted by molar-refractivity contribution is 7.80. The molecule has 0 aliphatic carbocycles. The summed E-state index contributed by atoms with van der Waals surface area (Å²) in [5.74, 6) is 0.960. The molecule has 1 saturated heterocycles. The molecule has 1 aromatic heterocycles. The van der Waals surface area contributed by atoms with E-state index < -0.39 is 0 Å². The fraction of sp³-hybridized carbons (Fsp3) is 0.294. The predicted octanol–water partition coefficient (Wildman–Crippen LogP) is 2.08. The second-order valence-corrected chi connectivity index (χ2v) is 6.07. The quantitative estimate of drug-likeness (QED) is 0.482. The number of rotatable bonds is 5. The van der Waals surface area contributed by atoms with Crippen LogP contribution in [-0.4, -0.2) is 42.5 Å². The Bertz CT molecular complexity index is 772. The van der Waals surface area contributed by atoms with Gasteiger partial charge >= 0.3 is 0 Å². The first-order valence-corrected chi connectivity index (χ1v) is 8.30. The molecule has 1 aliphatic rings. The van der Waals surface area contributed by atoms with Crippen LogP contribution in [0.2, 0.25) is 0 Å². The number of morpholine rings is 1. The topological polar surface area (TPSA) is 76.0 Å². The summed E-state index contributed by atoms with van der Waals surface area (Å²) in [5.41, 5.74) is 9.20. The Morgan fingerprint density at radius 3 is 2.88 bits per heavy atom. The summed E-state index contributed by atoms with van der Waals surface area (Å²) >= 11 is 4.66. The summed E-state index contributed by atoms with van der Waals surface area (Å²) in [6.07, 6.45) is 1.47. The van der Waals surface area contributed by atoms with E-state index in [1.54, 1.807) is 12.1 Å². The minimum atomic E-state index is -0.218. The molecule has 2 aromatic rings. The van der Waals surface area contributed by atoms with E-state index >= 15 is 0 Å². The number of benzene rings is 1. The number of nitrogens with one attached hydrogen (secondary N) is 1. The number of ether oxygens (including phenoxy) is 1. The minimum Gasteiger partial charge on any atom is -0.455 e. The SMILES string of the molecule is NC(=S)N/N=C/c1ccc(-c2ccc(F)c(CN3CCOCC3)c2)o1. The maximum atomic E-state index is 14.1. The molecule has 2 heterocycles. The van der Waals surface area contributed by atoms with Crippen LogP contribution in [0.4, 0.5) is 4.39 Å². The molecule has 132 valence electrons. The molecule has 0 bridgehead atoms. The molecule has 0 spiro atoms. The van der Waals surface area contributed by atoms with Crippen molar-refractivity contribution in [3.05, 3.63) is 47.5 Å². The summed E-state index contributed by atoms with van der Waals surface area (Å²) < 4.78 is 25.2. The highest BCUT2D eigenvalue weighted by Gasteiger charge is 2.14. The van der Waals surface area contributed by atoms with Crippen LogP contribution in [0.1, 0.15) is 11.3 Å². The van der Waals surface area contributed by atoms with E-state index in [9.17, 15) is 4.39 Å². The van der Waals surface area contributed by atoms with Crippen LogP contribution in [0.15, 0.2) is 39.9 Å². The van der Waals surface area contributed by atoms with Gasteiger partial charge in [0.1, 0.15) is 17.3 Å². The molecule has 1 aromatic carbocycles. The molecule has 8 heteroatoms. The average Bonchev–Trinajstić information content (AvgIpc) is 3.06. The third-order valence-corrected chi connectivity index (χ3v) is 3.91. The van der Waals surface area contributed by atoms with Crippen molar-refractivity contribution in [2.24, 2.45) is 10.8 Å². The molecule has 3 N–H and O–H groups in total. The predicted molar refractivity (Wildman–Crippen MR) is 97.7 cm³/mol. The Labute approximate surface area is 150 Å². The van der Waals surface area contributed by atoms with E-state index in [0.717, 1.165) is 18.7 Å². The number of nitrogens with two attached hydrogens (primary N) is 1. The monoisotopic (exact) mass is 362 g/mol. The van der Waals surface area contributed by atoms with Crippen LogP contribution in [0, 0.1) is 5.82 Å². The van der Waals surface area contributed by atoms with Crippen LogP contribution in [0.3, 0.4) is 0 Å². The summed E-state index contributed by atoms with van der Waals surface area (Å²) in [6, 6.07) is 8.57. The van der Waals surface area contributed by atoms with Gasteiger partial charge in [0.15, 0.2) is 5.11 Å². The van der Waals surface area contributed by atoms with Gasteiger partial charge in [-0.05, 0) is 42.5 Å². The van der Waals surface area contributed by atoms with Gasteiger partial charge in [-0.3, -0.25) is 10.3 Å². The fourth-order valence-corrected chi connectivity index (χ4v) is 2.64. The molecule has 1 aliphatic heterocycles. The van der Waals surface area contributed by atoms with Crippen molar-refractivity contribution in [3.63, 3.8) is 0 Å². The van der Waals surface area contributed by atoms with E-state index in [-0.39, 0.29) is 10.9 Å². The Kier molecular flexibility index (Phi) is 5.75. The van der Waals surface area contributed by atoms with Crippen LogP contribution in [-0.2, 0) is 11.3 Å². The van der Waals surface area contributed by atoms with Crippen molar-refractivity contribution in [1.29, 1.82) is 0 Å². The highest BCUT2D eigenvalue weighted by atomic mass is 32.1. The molecular weight excluding hydrogens is 343 g/mol. The lowest BCUT2D eigenvalue weighted by molar-refractivity contribution is 0.0337. The van der Waals surface area contributed by atoms with Crippen LogP contribution in [0.25, 0.3) is 11.3 Å². The van der Waals surface area contributed by atoms with Crippen molar-refractivity contribution < 1.29 is 13.5 Å². The number of hydrogen-bond acceptors (Lipinski definition) is 5. The average molecular weight is 362 g/mol. The number of hydrazone groups is 1. The van der Waals surface area contributed by atoms with Crippen LogP contribution >= 0.6 is 12.2 Å². The molecule has 3 rings (SSSR count). The lowest BCUT2D eigenvalue weighted by atomic mass is 10.1. The summed E-state index contributed by atoms with van der Waals surface area (Å²) in [5, 5.41) is 3.92. The highest BCUT2D eigenvalue weighted by Crippen LogP contribution is 2.25. The van der Waals surface area contributed by atoms with Gasteiger partial charge in [-0.15, -0.1) is 0 Å². The van der Waals surface area contributed by atoms with Gasteiger partial charge in [0, 0.05) is 30.8 Å². The molecule has 0 unspecified atom stereocenters. The van der Waals surface area contributed by atoms with E-state index in [0.29, 0.717) is 36.8 Å². The van der Waals surface area contributed by atoms with E-state index in [2.05, 4.69) is 27.6 Å². The number of halogens is 1. The van der Waals surface area contributed by atoms with Gasteiger partial charge in [0.2, 0.25) is 0 Å². The first kappa shape index (κ1) is 17.5. The summed E-state index contributed by atoms with van der Waals surface area (Å²) in [7, 11) is 0. The van der Waals surface area contributed by atoms with Gasteiger partial charge in [-0.2, -0.15) is 5.10 Å². The molecule has 0 atom stereocenters. The zero-order valence-electron chi connectivity index (χ0n) is 13.6. The summed E-state index contributed by atoms with van der Waals surface area (Å²) in [4.78, 5) is 2.17. The largest absolute Gasteiger partial charge is 0.455 e.